The number of esters is 1. The Morgan fingerprint density at radius 1 is 1.22 bits per heavy atom. The number of carbonyl (C=O) groups is 1. The molecule has 0 radical (unpaired) electrons. The number of aliphatic imine (C=N–C) groups is 1. The molecular weight excluding hydrogens is 424 g/mol. The number of aryl methyl sites for hydroxylation is 2. The van der Waals surface area contributed by atoms with Crippen LogP contribution in [0.5, 0.6) is 0 Å². The van der Waals surface area contributed by atoms with E-state index in [0.717, 1.165) is 20.9 Å². The molecule has 3 aliphatic rings. The van der Waals surface area contributed by atoms with Crippen molar-refractivity contribution in [2.24, 2.45) is 16.1 Å². The SMILES string of the molecule is Cc1cc(C2=C(c3ccccc3)OC(=O)C23C(N2CCOCC2)=NC(N)=C3C#N)c(C)s1. The molecular formula is C24H22N4O3S. The van der Waals surface area contributed by atoms with Gasteiger partial charge < -0.3 is 20.1 Å². The van der Waals surface area contributed by atoms with Gasteiger partial charge in [0, 0.05) is 34.0 Å². The molecule has 0 amide bonds. The molecule has 1 aromatic carbocycles. The van der Waals surface area contributed by atoms with Crippen LogP contribution in [-0.2, 0) is 14.3 Å². The summed E-state index contributed by atoms with van der Waals surface area (Å²) in [5.74, 6) is 0.406. The monoisotopic (exact) mass is 446 g/mol. The molecule has 0 saturated carbocycles. The van der Waals surface area contributed by atoms with E-state index in [1.807, 2.05) is 55.1 Å². The number of morpholine rings is 1. The number of hydrogen-bond acceptors (Lipinski definition) is 8. The molecule has 2 aromatic rings. The van der Waals surface area contributed by atoms with Gasteiger partial charge in [0.1, 0.15) is 29.1 Å². The summed E-state index contributed by atoms with van der Waals surface area (Å²) in [6.45, 7) is 6.15. The fourth-order valence-electron chi connectivity index (χ4n) is 4.70. The average molecular weight is 447 g/mol. The number of amidine groups is 1. The van der Waals surface area contributed by atoms with E-state index in [-0.39, 0.29) is 11.4 Å². The third kappa shape index (κ3) is 2.82. The number of nitriles is 1. The van der Waals surface area contributed by atoms with Crippen LogP contribution in [0.15, 0.2) is 52.8 Å². The van der Waals surface area contributed by atoms with Gasteiger partial charge in [-0.05, 0) is 25.5 Å². The van der Waals surface area contributed by atoms with Gasteiger partial charge in [0.2, 0.25) is 0 Å². The van der Waals surface area contributed by atoms with Crippen LogP contribution in [0.4, 0.5) is 0 Å². The van der Waals surface area contributed by atoms with E-state index in [4.69, 9.17) is 15.2 Å². The Bertz CT molecular complexity index is 1250. The Morgan fingerprint density at radius 2 is 1.94 bits per heavy atom. The molecule has 1 saturated heterocycles. The van der Waals surface area contributed by atoms with Crippen LogP contribution < -0.4 is 5.73 Å². The summed E-state index contributed by atoms with van der Waals surface area (Å²) in [5, 5.41) is 10.2. The quantitative estimate of drug-likeness (QED) is 0.711. The first-order chi connectivity index (χ1) is 15.5. The van der Waals surface area contributed by atoms with Crippen molar-refractivity contribution < 1.29 is 14.3 Å². The maximum atomic E-state index is 13.8. The standard InChI is InChI=1S/C24H22N4O3S/c1-14-12-17(15(2)32-14)19-20(16-6-4-3-5-7-16)31-23(29)24(19)18(13-25)21(26)27-22(24)28-8-10-30-11-9-28/h3-7,12H,8-11,26H2,1-2H3. The normalized spacial score (nSPS) is 23.1. The summed E-state index contributed by atoms with van der Waals surface area (Å²) in [6, 6.07) is 13.7. The number of thiophene rings is 1. The molecule has 162 valence electrons. The van der Waals surface area contributed by atoms with Crippen LogP contribution in [0.25, 0.3) is 11.3 Å². The minimum atomic E-state index is -1.50. The summed E-state index contributed by atoms with van der Waals surface area (Å²) in [5.41, 5.74) is 7.15. The summed E-state index contributed by atoms with van der Waals surface area (Å²) < 4.78 is 11.5. The van der Waals surface area contributed by atoms with E-state index >= 15 is 0 Å². The molecule has 32 heavy (non-hydrogen) atoms. The van der Waals surface area contributed by atoms with Gasteiger partial charge in [-0.2, -0.15) is 5.26 Å². The van der Waals surface area contributed by atoms with E-state index in [9.17, 15) is 10.1 Å². The maximum Gasteiger partial charge on any atom is 0.335 e. The molecule has 1 spiro atoms. The number of carbonyl (C=O) groups excluding carboxylic acids is 1. The summed E-state index contributed by atoms with van der Waals surface area (Å²) in [4.78, 5) is 22.5. The second-order valence-corrected chi connectivity index (χ2v) is 9.40. The van der Waals surface area contributed by atoms with Crippen LogP contribution in [0, 0.1) is 30.6 Å². The Kier molecular flexibility index (Phi) is 4.88. The smallest absolute Gasteiger partial charge is 0.335 e. The van der Waals surface area contributed by atoms with Crippen molar-refractivity contribution >= 4 is 34.5 Å². The lowest BCUT2D eigenvalue weighted by Crippen LogP contribution is -2.51. The fraction of sp³-hybridized carbons (Fsp3) is 0.292. The summed E-state index contributed by atoms with van der Waals surface area (Å²) in [7, 11) is 0. The second kappa shape index (κ2) is 7.62. The van der Waals surface area contributed by atoms with Gasteiger partial charge in [-0.25, -0.2) is 9.79 Å². The van der Waals surface area contributed by atoms with Gasteiger partial charge in [0.05, 0.1) is 13.2 Å². The lowest BCUT2D eigenvalue weighted by atomic mass is 9.71. The molecule has 2 N–H and O–H groups in total. The lowest BCUT2D eigenvalue weighted by molar-refractivity contribution is -0.138. The van der Waals surface area contributed by atoms with Crippen molar-refractivity contribution in [3.63, 3.8) is 0 Å². The Hall–Kier alpha value is -3.41. The number of ether oxygens (including phenoxy) is 2. The van der Waals surface area contributed by atoms with Gasteiger partial charge in [0.15, 0.2) is 5.41 Å². The zero-order chi connectivity index (χ0) is 22.5. The highest BCUT2D eigenvalue weighted by Gasteiger charge is 2.63. The van der Waals surface area contributed by atoms with Gasteiger partial charge in [0.25, 0.3) is 0 Å². The predicted octanol–water partition coefficient (Wildman–Crippen LogP) is 3.21. The minimum Gasteiger partial charge on any atom is -0.424 e. The van der Waals surface area contributed by atoms with Crippen LogP contribution in [-0.4, -0.2) is 43.0 Å². The first kappa shape index (κ1) is 20.5. The molecule has 8 heteroatoms. The van der Waals surface area contributed by atoms with E-state index in [2.05, 4.69) is 11.1 Å². The predicted molar refractivity (Wildman–Crippen MR) is 122 cm³/mol. The zero-order valence-corrected chi connectivity index (χ0v) is 18.7. The number of nitrogens with zero attached hydrogens (tertiary/aromatic N) is 3. The fourth-order valence-corrected chi connectivity index (χ4v) is 5.63. The molecule has 7 nitrogen and oxygen atoms in total. The lowest BCUT2D eigenvalue weighted by Gasteiger charge is -2.36. The van der Waals surface area contributed by atoms with Crippen LogP contribution in [0.2, 0.25) is 0 Å². The van der Waals surface area contributed by atoms with Crippen molar-refractivity contribution in [1.82, 2.24) is 4.90 Å². The van der Waals surface area contributed by atoms with Gasteiger partial charge in [-0.3, -0.25) is 0 Å². The zero-order valence-electron chi connectivity index (χ0n) is 17.8. The Balaban J connectivity index is 1.84. The number of benzene rings is 1. The minimum absolute atomic E-state index is 0.0577. The maximum absolute atomic E-state index is 13.8. The van der Waals surface area contributed by atoms with Gasteiger partial charge in [-0.15, -0.1) is 11.3 Å². The Morgan fingerprint density at radius 3 is 2.56 bits per heavy atom. The number of cyclic esters (lactones) is 1. The molecule has 4 heterocycles. The molecule has 1 atom stereocenters. The molecule has 1 aromatic heterocycles. The van der Waals surface area contributed by atoms with E-state index in [1.165, 1.54) is 0 Å². The number of hydrogen-bond donors (Lipinski definition) is 1. The molecule has 1 unspecified atom stereocenters. The van der Waals surface area contributed by atoms with Crippen molar-refractivity contribution in [2.75, 3.05) is 26.3 Å². The van der Waals surface area contributed by atoms with Crippen molar-refractivity contribution in [1.29, 1.82) is 5.26 Å². The third-order valence-electron chi connectivity index (χ3n) is 6.06. The topological polar surface area (TPSA) is 101 Å². The number of nitrogens with two attached hydrogens (primary N) is 1. The molecule has 0 aliphatic carbocycles. The van der Waals surface area contributed by atoms with Crippen molar-refractivity contribution in [3.05, 3.63) is 68.7 Å². The van der Waals surface area contributed by atoms with Crippen molar-refractivity contribution in [2.45, 2.75) is 13.8 Å². The molecule has 3 aliphatic heterocycles. The van der Waals surface area contributed by atoms with E-state index in [1.54, 1.807) is 11.3 Å². The van der Waals surface area contributed by atoms with Crippen LogP contribution >= 0.6 is 11.3 Å². The van der Waals surface area contributed by atoms with Crippen LogP contribution in [0.1, 0.15) is 20.9 Å². The third-order valence-corrected chi connectivity index (χ3v) is 7.03. The highest BCUT2D eigenvalue weighted by Crippen LogP contribution is 2.57. The first-order valence-electron chi connectivity index (χ1n) is 10.4. The van der Waals surface area contributed by atoms with E-state index < -0.39 is 11.4 Å². The number of rotatable bonds is 2. The first-order valence-corrected chi connectivity index (χ1v) is 11.2. The molecule has 5 rings (SSSR count). The highest BCUT2D eigenvalue weighted by molar-refractivity contribution is 7.12. The summed E-state index contributed by atoms with van der Waals surface area (Å²) in [6.07, 6.45) is 0. The highest BCUT2D eigenvalue weighted by atomic mass is 32.1. The second-order valence-electron chi connectivity index (χ2n) is 7.94. The summed E-state index contributed by atoms with van der Waals surface area (Å²) >= 11 is 1.64. The molecule has 0 bridgehead atoms. The van der Waals surface area contributed by atoms with Crippen LogP contribution in [0.3, 0.4) is 0 Å². The van der Waals surface area contributed by atoms with Crippen molar-refractivity contribution in [3.8, 4) is 6.07 Å². The van der Waals surface area contributed by atoms with Gasteiger partial charge >= 0.3 is 5.97 Å². The largest absolute Gasteiger partial charge is 0.424 e. The average Bonchev–Trinajstić information content (AvgIpc) is 3.40. The van der Waals surface area contributed by atoms with E-state index in [0.29, 0.717) is 43.5 Å². The Labute approximate surface area is 190 Å². The van der Waals surface area contributed by atoms with Gasteiger partial charge in [-0.1, -0.05) is 30.3 Å². The molecule has 1 fully saturated rings.